The maximum Gasteiger partial charge on any atom is 0.433 e. The fourth-order valence-corrected chi connectivity index (χ4v) is 1.28. The van der Waals surface area contributed by atoms with E-state index in [2.05, 4.69) is 4.99 Å². The van der Waals surface area contributed by atoms with E-state index in [4.69, 9.17) is 4.42 Å². The summed E-state index contributed by atoms with van der Waals surface area (Å²) in [5, 5.41) is 10.4. The molecule has 0 radical (unpaired) electrons. The average Bonchev–Trinajstić information content (AvgIpc) is 2.77. The first-order chi connectivity index (χ1) is 8.15. The van der Waals surface area contributed by atoms with Gasteiger partial charge >= 0.3 is 5.88 Å². The topological polar surface area (TPSA) is 68.6 Å². The number of nitrogens with zero attached hydrogens (tertiary/aromatic N) is 2. The van der Waals surface area contributed by atoms with Gasteiger partial charge in [0.1, 0.15) is 4.92 Å². The molecule has 0 N–H and O–H groups in total. The molecule has 5 nitrogen and oxygen atoms in total. The molecule has 1 heterocycles. The van der Waals surface area contributed by atoms with Crippen LogP contribution in [0.15, 0.2) is 45.8 Å². The van der Waals surface area contributed by atoms with Crippen molar-refractivity contribution in [3.63, 3.8) is 0 Å². The van der Waals surface area contributed by atoms with Gasteiger partial charge in [0.05, 0.1) is 18.0 Å². The molecule has 1 aromatic heterocycles. The Labute approximate surface area is 97.6 Å². The van der Waals surface area contributed by atoms with Gasteiger partial charge in [0.2, 0.25) is 0 Å². The summed E-state index contributed by atoms with van der Waals surface area (Å²) in [6.45, 7) is 1.99. The zero-order chi connectivity index (χ0) is 12.3. The standard InChI is InChI=1S/C12H10N2O3/c1-9-2-4-10(5-3-9)13-8-11-6-7-12(17-11)14(15)16/h2-8H,1H3. The molecule has 0 unspecified atom stereocenters. The summed E-state index contributed by atoms with van der Waals surface area (Å²) >= 11 is 0. The highest BCUT2D eigenvalue weighted by Gasteiger charge is 2.09. The second-order valence-corrected chi connectivity index (χ2v) is 3.53. The summed E-state index contributed by atoms with van der Waals surface area (Å²) < 4.78 is 4.94. The Morgan fingerprint density at radius 3 is 2.53 bits per heavy atom. The van der Waals surface area contributed by atoms with Gasteiger partial charge in [0.25, 0.3) is 0 Å². The smallest absolute Gasteiger partial charge is 0.400 e. The van der Waals surface area contributed by atoms with Gasteiger partial charge in [0.15, 0.2) is 5.76 Å². The summed E-state index contributed by atoms with van der Waals surface area (Å²) in [4.78, 5) is 14.0. The molecule has 17 heavy (non-hydrogen) atoms. The lowest BCUT2D eigenvalue weighted by molar-refractivity contribution is -0.402. The third-order valence-electron chi connectivity index (χ3n) is 2.17. The summed E-state index contributed by atoms with van der Waals surface area (Å²) in [6, 6.07) is 10.4. The van der Waals surface area contributed by atoms with Gasteiger partial charge in [0, 0.05) is 0 Å². The summed E-state index contributed by atoms with van der Waals surface area (Å²) in [5.74, 6) is 0.0765. The van der Waals surface area contributed by atoms with Gasteiger partial charge in [-0.3, -0.25) is 15.1 Å². The minimum Gasteiger partial charge on any atom is -0.400 e. The van der Waals surface area contributed by atoms with Crippen LogP contribution in [0, 0.1) is 17.0 Å². The number of aryl methyl sites for hydroxylation is 1. The van der Waals surface area contributed by atoms with Crippen LogP contribution in [-0.2, 0) is 0 Å². The Balaban J connectivity index is 2.14. The number of benzene rings is 1. The minimum atomic E-state index is -0.580. The predicted octanol–water partition coefficient (Wildman–Crippen LogP) is 3.25. The second kappa shape index (κ2) is 4.61. The van der Waals surface area contributed by atoms with Crippen LogP contribution in [0.4, 0.5) is 11.6 Å². The Hall–Kier alpha value is -2.43. The van der Waals surface area contributed by atoms with Crippen molar-refractivity contribution >= 4 is 17.8 Å². The van der Waals surface area contributed by atoms with E-state index in [1.165, 1.54) is 18.3 Å². The fraction of sp³-hybridized carbons (Fsp3) is 0.0833. The number of nitro groups is 1. The number of furan rings is 1. The first-order valence-electron chi connectivity index (χ1n) is 5.00. The monoisotopic (exact) mass is 230 g/mol. The molecule has 0 amide bonds. The van der Waals surface area contributed by atoms with Crippen LogP contribution < -0.4 is 0 Å². The average molecular weight is 230 g/mol. The Morgan fingerprint density at radius 2 is 1.94 bits per heavy atom. The van der Waals surface area contributed by atoms with Crippen molar-refractivity contribution in [1.29, 1.82) is 0 Å². The number of hydrogen-bond acceptors (Lipinski definition) is 4. The van der Waals surface area contributed by atoms with Crippen molar-refractivity contribution < 1.29 is 9.34 Å². The summed E-state index contributed by atoms with van der Waals surface area (Å²) in [7, 11) is 0. The van der Waals surface area contributed by atoms with E-state index >= 15 is 0 Å². The third-order valence-corrected chi connectivity index (χ3v) is 2.17. The number of hydrogen-bond donors (Lipinski definition) is 0. The van der Waals surface area contributed by atoms with E-state index in [0.717, 1.165) is 11.3 Å². The van der Waals surface area contributed by atoms with Gasteiger partial charge in [-0.1, -0.05) is 17.7 Å². The van der Waals surface area contributed by atoms with Crippen molar-refractivity contribution in [1.82, 2.24) is 0 Å². The Kier molecular flexibility index (Phi) is 3.00. The molecular weight excluding hydrogens is 220 g/mol. The normalized spacial score (nSPS) is 10.9. The SMILES string of the molecule is Cc1ccc(N=Cc2ccc([N+](=O)[O-])o2)cc1. The largest absolute Gasteiger partial charge is 0.433 e. The molecule has 0 aliphatic carbocycles. The van der Waals surface area contributed by atoms with Crippen molar-refractivity contribution in [2.75, 3.05) is 0 Å². The van der Waals surface area contributed by atoms with Crippen LogP contribution in [-0.4, -0.2) is 11.1 Å². The molecule has 5 heteroatoms. The van der Waals surface area contributed by atoms with Gasteiger partial charge in [-0.25, -0.2) is 0 Å². The molecule has 86 valence electrons. The van der Waals surface area contributed by atoms with E-state index in [0.29, 0.717) is 5.76 Å². The molecule has 0 bridgehead atoms. The van der Waals surface area contributed by atoms with E-state index < -0.39 is 4.92 Å². The molecule has 2 aromatic rings. The summed E-state index contributed by atoms with van der Waals surface area (Å²) in [5.41, 5.74) is 1.92. The molecule has 0 fully saturated rings. The van der Waals surface area contributed by atoms with Crippen LogP contribution in [0.5, 0.6) is 0 Å². The Bertz CT molecular complexity index is 555. The Morgan fingerprint density at radius 1 is 1.24 bits per heavy atom. The second-order valence-electron chi connectivity index (χ2n) is 3.53. The van der Waals surface area contributed by atoms with Crippen LogP contribution in [0.3, 0.4) is 0 Å². The van der Waals surface area contributed by atoms with Gasteiger partial charge in [-0.2, -0.15) is 0 Å². The van der Waals surface area contributed by atoms with Crippen LogP contribution >= 0.6 is 0 Å². The van der Waals surface area contributed by atoms with Crippen LogP contribution in [0.2, 0.25) is 0 Å². The lowest BCUT2D eigenvalue weighted by atomic mass is 10.2. The third kappa shape index (κ3) is 2.78. The number of aliphatic imine (C=N–C) groups is 1. The highest BCUT2D eigenvalue weighted by molar-refractivity contribution is 5.78. The van der Waals surface area contributed by atoms with E-state index in [1.807, 2.05) is 31.2 Å². The predicted molar refractivity (Wildman–Crippen MR) is 63.8 cm³/mol. The van der Waals surface area contributed by atoms with E-state index in [1.54, 1.807) is 0 Å². The first kappa shape index (κ1) is 11.1. The van der Waals surface area contributed by atoms with Crippen LogP contribution in [0.1, 0.15) is 11.3 Å². The molecule has 0 spiro atoms. The zero-order valence-corrected chi connectivity index (χ0v) is 9.16. The zero-order valence-electron chi connectivity index (χ0n) is 9.16. The molecule has 0 aliphatic heterocycles. The lowest BCUT2D eigenvalue weighted by Crippen LogP contribution is -1.83. The molecule has 0 saturated heterocycles. The molecule has 1 aromatic carbocycles. The highest BCUT2D eigenvalue weighted by atomic mass is 16.6. The first-order valence-corrected chi connectivity index (χ1v) is 5.00. The quantitative estimate of drug-likeness (QED) is 0.461. The molecule has 0 aliphatic rings. The lowest BCUT2D eigenvalue weighted by Gasteiger charge is -1.93. The maximum atomic E-state index is 10.4. The minimum absolute atomic E-state index is 0.282. The molecule has 0 atom stereocenters. The summed E-state index contributed by atoms with van der Waals surface area (Å²) in [6.07, 6.45) is 1.46. The van der Waals surface area contributed by atoms with Crippen molar-refractivity contribution in [3.8, 4) is 0 Å². The maximum absolute atomic E-state index is 10.4. The molecule has 2 rings (SSSR count). The van der Waals surface area contributed by atoms with Crippen LogP contribution in [0.25, 0.3) is 0 Å². The fourth-order valence-electron chi connectivity index (χ4n) is 1.28. The number of rotatable bonds is 3. The van der Waals surface area contributed by atoms with Crippen molar-refractivity contribution in [3.05, 3.63) is 57.8 Å². The molecule has 0 saturated carbocycles. The van der Waals surface area contributed by atoms with Crippen molar-refractivity contribution in [2.45, 2.75) is 6.92 Å². The molecular formula is C12H10N2O3. The van der Waals surface area contributed by atoms with Crippen molar-refractivity contribution in [2.24, 2.45) is 4.99 Å². The van der Waals surface area contributed by atoms with Gasteiger partial charge in [-0.15, -0.1) is 0 Å². The van der Waals surface area contributed by atoms with Gasteiger partial charge in [-0.05, 0) is 25.1 Å². The highest BCUT2D eigenvalue weighted by Crippen LogP contribution is 2.16. The van der Waals surface area contributed by atoms with E-state index in [-0.39, 0.29) is 5.88 Å². The van der Waals surface area contributed by atoms with E-state index in [9.17, 15) is 10.1 Å². The van der Waals surface area contributed by atoms with Gasteiger partial charge < -0.3 is 4.42 Å².